The van der Waals surface area contributed by atoms with E-state index in [1.165, 1.54) is 12.0 Å². The Balaban J connectivity index is 1.75. The Hall–Kier alpha value is -0.930. The van der Waals surface area contributed by atoms with E-state index in [0.29, 0.717) is 0 Å². The minimum atomic E-state index is 0.0486. The Morgan fingerprint density at radius 1 is 1.47 bits per heavy atom. The first-order valence-corrected chi connectivity index (χ1v) is 5.52. The predicted octanol–water partition coefficient (Wildman–Crippen LogP) is 1.74. The second-order valence-electron chi connectivity index (χ2n) is 4.36. The molecule has 1 N–H and O–H groups in total. The average Bonchev–Trinajstić information content (AvgIpc) is 2.67. The quantitative estimate of drug-likeness (QED) is 0.814. The van der Waals surface area contributed by atoms with Crippen LogP contribution >= 0.6 is 0 Å². The lowest BCUT2D eigenvalue weighted by molar-refractivity contribution is 0.0207. The van der Waals surface area contributed by atoms with Gasteiger partial charge in [0.15, 0.2) is 0 Å². The summed E-state index contributed by atoms with van der Waals surface area (Å²) in [7, 11) is 0. The van der Waals surface area contributed by atoms with E-state index in [1.54, 1.807) is 0 Å². The molecule has 2 rings (SSSR count). The van der Waals surface area contributed by atoms with Crippen molar-refractivity contribution in [1.82, 2.24) is 10.3 Å². The van der Waals surface area contributed by atoms with Crippen LogP contribution in [0.2, 0.25) is 0 Å². The van der Waals surface area contributed by atoms with Crippen molar-refractivity contribution in [1.29, 1.82) is 0 Å². The van der Waals surface area contributed by atoms with Gasteiger partial charge >= 0.3 is 0 Å². The van der Waals surface area contributed by atoms with E-state index >= 15 is 0 Å². The molecule has 3 nitrogen and oxygen atoms in total. The summed E-state index contributed by atoms with van der Waals surface area (Å²) >= 11 is 0. The molecule has 1 unspecified atom stereocenters. The summed E-state index contributed by atoms with van der Waals surface area (Å²) in [6, 6.07) is 4.07. The monoisotopic (exact) mass is 206 g/mol. The molecule has 2 heterocycles. The molecule has 0 aliphatic carbocycles. The smallest absolute Gasteiger partial charge is 0.0779 e. The number of pyridine rings is 1. The molecule has 0 saturated carbocycles. The van der Waals surface area contributed by atoms with Crippen LogP contribution in [0, 0.1) is 0 Å². The van der Waals surface area contributed by atoms with Crippen LogP contribution < -0.4 is 5.32 Å². The van der Waals surface area contributed by atoms with Gasteiger partial charge < -0.3 is 10.1 Å². The zero-order chi connectivity index (χ0) is 10.6. The Morgan fingerprint density at radius 2 is 2.27 bits per heavy atom. The van der Waals surface area contributed by atoms with Crippen molar-refractivity contribution >= 4 is 0 Å². The van der Waals surface area contributed by atoms with Crippen LogP contribution in [0.3, 0.4) is 0 Å². The number of nitrogens with zero attached hydrogens (tertiary/aromatic N) is 1. The van der Waals surface area contributed by atoms with E-state index in [-0.39, 0.29) is 5.60 Å². The van der Waals surface area contributed by atoms with Crippen LogP contribution in [0.1, 0.15) is 25.3 Å². The Labute approximate surface area is 90.9 Å². The first-order chi connectivity index (χ1) is 7.29. The minimum absolute atomic E-state index is 0.0486. The molecule has 1 aliphatic heterocycles. The van der Waals surface area contributed by atoms with Crippen LogP contribution in [0.5, 0.6) is 0 Å². The number of nitrogens with one attached hydrogen (secondary N) is 1. The van der Waals surface area contributed by atoms with Gasteiger partial charge in [-0.15, -0.1) is 0 Å². The molecule has 1 aromatic heterocycles. The summed E-state index contributed by atoms with van der Waals surface area (Å²) in [5, 5.41) is 3.43. The van der Waals surface area contributed by atoms with Gasteiger partial charge in [-0.2, -0.15) is 0 Å². The van der Waals surface area contributed by atoms with Crippen LogP contribution in [0.15, 0.2) is 24.5 Å². The van der Waals surface area contributed by atoms with Gasteiger partial charge in [0.1, 0.15) is 0 Å². The van der Waals surface area contributed by atoms with Gasteiger partial charge in [-0.3, -0.25) is 4.98 Å². The fourth-order valence-electron chi connectivity index (χ4n) is 1.95. The maximum atomic E-state index is 5.70. The van der Waals surface area contributed by atoms with E-state index in [0.717, 1.165) is 26.1 Å². The van der Waals surface area contributed by atoms with E-state index in [9.17, 15) is 0 Å². The van der Waals surface area contributed by atoms with Gasteiger partial charge in [0.05, 0.1) is 5.60 Å². The van der Waals surface area contributed by atoms with Gasteiger partial charge in [0.25, 0.3) is 0 Å². The Bertz CT molecular complexity index is 294. The van der Waals surface area contributed by atoms with Crippen molar-refractivity contribution in [2.24, 2.45) is 0 Å². The third-order valence-electron chi connectivity index (χ3n) is 2.88. The highest BCUT2D eigenvalue weighted by atomic mass is 16.5. The average molecular weight is 206 g/mol. The van der Waals surface area contributed by atoms with Crippen LogP contribution in [0.4, 0.5) is 0 Å². The Kier molecular flexibility index (Phi) is 3.34. The molecular weight excluding hydrogens is 188 g/mol. The van der Waals surface area contributed by atoms with E-state index in [1.807, 2.05) is 24.5 Å². The summed E-state index contributed by atoms with van der Waals surface area (Å²) in [6.45, 7) is 4.91. The van der Waals surface area contributed by atoms with Crippen molar-refractivity contribution in [3.63, 3.8) is 0 Å². The first kappa shape index (κ1) is 10.6. The number of aromatic nitrogens is 1. The molecule has 1 atom stereocenters. The van der Waals surface area contributed by atoms with Crippen molar-refractivity contribution < 1.29 is 4.74 Å². The lowest BCUT2D eigenvalue weighted by Gasteiger charge is -2.23. The molecule has 1 aromatic rings. The zero-order valence-corrected chi connectivity index (χ0v) is 9.20. The lowest BCUT2D eigenvalue weighted by atomic mass is 10.0. The number of rotatable bonds is 4. The van der Waals surface area contributed by atoms with Crippen molar-refractivity contribution in [3.8, 4) is 0 Å². The summed E-state index contributed by atoms with van der Waals surface area (Å²) in [4.78, 5) is 3.99. The molecule has 0 bridgehead atoms. The fraction of sp³-hybridized carbons (Fsp3) is 0.583. The molecular formula is C12H18N2O. The summed E-state index contributed by atoms with van der Waals surface area (Å²) in [5.41, 5.74) is 1.32. The van der Waals surface area contributed by atoms with E-state index in [2.05, 4.69) is 17.2 Å². The maximum Gasteiger partial charge on any atom is 0.0779 e. The maximum absolute atomic E-state index is 5.70. The highest BCUT2D eigenvalue weighted by Gasteiger charge is 2.28. The molecule has 15 heavy (non-hydrogen) atoms. The predicted molar refractivity (Wildman–Crippen MR) is 59.5 cm³/mol. The molecule has 82 valence electrons. The minimum Gasteiger partial charge on any atom is -0.374 e. The highest BCUT2D eigenvalue weighted by Crippen LogP contribution is 2.23. The first-order valence-electron chi connectivity index (χ1n) is 5.52. The number of hydrogen-bond donors (Lipinski definition) is 1. The Morgan fingerprint density at radius 3 is 2.93 bits per heavy atom. The lowest BCUT2D eigenvalue weighted by Crippen LogP contribution is -2.36. The summed E-state index contributed by atoms with van der Waals surface area (Å²) < 4.78 is 5.70. The van der Waals surface area contributed by atoms with Gasteiger partial charge in [-0.1, -0.05) is 0 Å². The molecule has 0 aromatic carbocycles. The molecule has 1 fully saturated rings. The molecule has 0 amide bonds. The van der Waals surface area contributed by atoms with Crippen LogP contribution in [0.25, 0.3) is 0 Å². The third-order valence-corrected chi connectivity index (χ3v) is 2.88. The molecule has 1 saturated heterocycles. The van der Waals surface area contributed by atoms with E-state index < -0.39 is 0 Å². The molecule has 3 heteroatoms. The molecule has 1 aliphatic rings. The standard InChI is InChI=1S/C12H18N2O/c1-12(5-2-8-15-12)10-14-9-11-3-6-13-7-4-11/h3-4,6-7,14H,2,5,8-10H2,1H3. The molecule has 0 radical (unpaired) electrons. The number of ether oxygens (including phenoxy) is 1. The van der Waals surface area contributed by atoms with Crippen LogP contribution in [-0.4, -0.2) is 23.7 Å². The topological polar surface area (TPSA) is 34.2 Å². The molecule has 0 spiro atoms. The highest BCUT2D eigenvalue weighted by molar-refractivity contribution is 5.09. The fourth-order valence-corrected chi connectivity index (χ4v) is 1.95. The summed E-state index contributed by atoms with van der Waals surface area (Å²) in [5.74, 6) is 0. The second kappa shape index (κ2) is 4.73. The van der Waals surface area contributed by atoms with Gasteiger partial charge in [0, 0.05) is 32.1 Å². The van der Waals surface area contributed by atoms with Gasteiger partial charge in [-0.25, -0.2) is 0 Å². The SMILES string of the molecule is CC1(CNCc2ccncc2)CCCO1. The largest absolute Gasteiger partial charge is 0.374 e. The second-order valence-corrected chi connectivity index (χ2v) is 4.36. The van der Waals surface area contributed by atoms with Crippen molar-refractivity contribution in [2.45, 2.75) is 31.9 Å². The van der Waals surface area contributed by atoms with Gasteiger partial charge in [-0.05, 0) is 37.5 Å². The van der Waals surface area contributed by atoms with Crippen molar-refractivity contribution in [3.05, 3.63) is 30.1 Å². The number of hydrogen-bond acceptors (Lipinski definition) is 3. The van der Waals surface area contributed by atoms with Gasteiger partial charge in [0.2, 0.25) is 0 Å². The van der Waals surface area contributed by atoms with Crippen molar-refractivity contribution in [2.75, 3.05) is 13.2 Å². The normalized spacial score (nSPS) is 25.7. The summed E-state index contributed by atoms with van der Waals surface area (Å²) in [6.07, 6.45) is 6.00. The zero-order valence-electron chi connectivity index (χ0n) is 9.20. The third kappa shape index (κ3) is 3.01. The van der Waals surface area contributed by atoms with Crippen LogP contribution in [-0.2, 0) is 11.3 Å². The van der Waals surface area contributed by atoms with E-state index in [4.69, 9.17) is 4.74 Å².